The summed E-state index contributed by atoms with van der Waals surface area (Å²) in [5.74, 6) is 0. The number of amides is 2. The fourth-order valence-corrected chi connectivity index (χ4v) is 3.50. The lowest BCUT2D eigenvalue weighted by Gasteiger charge is -2.11. The number of hydrogen-bond acceptors (Lipinski definition) is 2. The number of halogens is 1. The molecule has 2 amide bonds. The van der Waals surface area contributed by atoms with E-state index in [4.69, 9.17) is 11.6 Å². The Morgan fingerprint density at radius 3 is 2.68 bits per heavy atom. The van der Waals surface area contributed by atoms with Gasteiger partial charge in [0.05, 0.1) is 0 Å². The lowest BCUT2D eigenvalue weighted by molar-refractivity contribution is 0.218. The molecule has 1 aliphatic heterocycles. The third-order valence-corrected chi connectivity index (χ3v) is 5.08. The zero-order chi connectivity index (χ0) is 15.7. The highest BCUT2D eigenvalue weighted by Gasteiger charge is 2.17. The molecule has 4 nitrogen and oxygen atoms in total. The molecule has 1 aromatic heterocycles. The van der Waals surface area contributed by atoms with Crippen LogP contribution in [-0.2, 0) is 0 Å². The molecule has 1 fully saturated rings. The van der Waals surface area contributed by atoms with Crippen LogP contribution in [0, 0.1) is 13.8 Å². The smallest absolute Gasteiger partial charge is 0.323 e. The maximum Gasteiger partial charge on any atom is 0.346 e. The zero-order valence-corrected chi connectivity index (χ0v) is 14.2. The van der Waals surface area contributed by atoms with E-state index in [9.17, 15) is 4.79 Å². The van der Waals surface area contributed by atoms with Crippen LogP contribution in [-0.4, -0.2) is 28.6 Å². The first-order valence-electron chi connectivity index (χ1n) is 7.34. The molecule has 3 rings (SSSR count). The molecule has 2 heterocycles. The van der Waals surface area contributed by atoms with Crippen LogP contribution in [0.25, 0.3) is 5.69 Å². The third-order valence-electron chi connectivity index (χ3n) is 3.76. The van der Waals surface area contributed by atoms with Crippen LogP contribution in [0.5, 0.6) is 0 Å². The van der Waals surface area contributed by atoms with E-state index < -0.39 is 0 Å². The van der Waals surface area contributed by atoms with E-state index in [1.807, 2.05) is 47.7 Å². The molecule has 0 atom stereocenters. The van der Waals surface area contributed by atoms with Crippen LogP contribution in [0.15, 0.2) is 29.4 Å². The number of urea groups is 1. The van der Waals surface area contributed by atoms with Crippen molar-refractivity contribution in [3.8, 4) is 5.69 Å². The van der Waals surface area contributed by atoms with Crippen molar-refractivity contribution in [2.24, 2.45) is 4.99 Å². The van der Waals surface area contributed by atoms with Gasteiger partial charge < -0.3 is 4.90 Å². The molecule has 116 valence electrons. The summed E-state index contributed by atoms with van der Waals surface area (Å²) in [5, 5.41) is 0.739. The van der Waals surface area contributed by atoms with E-state index in [1.54, 1.807) is 0 Å². The topological polar surface area (TPSA) is 37.6 Å². The first-order chi connectivity index (χ1) is 10.5. The highest BCUT2D eigenvalue weighted by atomic mass is 35.5. The molecule has 2 aromatic rings. The van der Waals surface area contributed by atoms with E-state index in [0.717, 1.165) is 47.1 Å². The van der Waals surface area contributed by atoms with Gasteiger partial charge in [0.15, 0.2) is 4.80 Å². The van der Waals surface area contributed by atoms with Gasteiger partial charge in [0, 0.05) is 34.9 Å². The predicted octanol–water partition coefficient (Wildman–Crippen LogP) is 3.93. The minimum atomic E-state index is -0.140. The number of likely N-dealkylation sites (tertiary alicyclic amines) is 1. The van der Waals surface area contributed by atoms with Crippen molar-refractivity contribution in [3.05, 3.63) is 44.7 Å². The fourth-order valence-electron chi connectivity index (χ4n) is 2.56. The van der Waals surface area contributed by atoms with E-state index >= 15 is 0 Å². The average Bonchev–Trinajstić information content (AvgIpc) is 3.12. The van der Waals surface area contributed by atoms with Crippen molar-refractivity contribution in [1.29, 1.82) is 0 Å². The second-order valence-corrected chi connectivity index (χ2v) is 7.14. The Bertz CT molecular complexity index is 772. The zero-order valence-electron chi connectivity index (χ0n) is 12.7. The van der Waals surface area contributed by atoms with Crippen LogP contribution in [0.1, 0.15) is 23.3 Å². The van der Waals surface area contributed by atoms with Crippen molar-refractivity contribution in [3.63, 3.8) is 0 Å². The quantitative estimate of drug-likeness (QED) is 0.778. The van der Waals surface area contributed by atoms with Gasteiger partial charge in [0.25, 0.3) is 0 Å². The van der Waals surface area contributed by atoms with Crippen LogP contribution in [0.3, 0.4) is 0 Å². The average molecular weight is 336 g/mol. The normalized spacial score (nSPS) is 15.6. The van der Waals surface area contributed by atoms with Crippen LogP contribution >= 0.6 is 22.9 Å². The lowest BCUT2D eigenvalue weighted by Crippen LogP contribution is -2.27. The van der Waals surface area contributed by atoms with Crippen LogP contribution < -0.4 is 4.80 Å². The minimum Gasteiger partial charge on any atom is -0.323 e. The molecule has 1 saturated heterocycles. The highest BCUT2D eigenvalue weighted by molar-refractivity contribution is 7.09. The summed E-state index contributed by atoms with van der Waals surface area (Å²) in [6, 6.07) is 5.69. The Labute approximate surface area is 138 Å². The summed E-state index contributed by atoms with van der Waals surface area (Å²) < 4.78 is 1.96. The van der Waals surface area contributed by atoms with Crippen molar-refractivity contribution < 1.29 is 4.79 Å². The van der Waals surface area contributed by atoms with Gasteiger partial charge in [-0.1, -0.05) is 11.6 Å². The minimum absolute atomic E-state index is 0.140. The molecule has 22 heavy (non-hydrogen) atoms. The van der Waals surface area contributed by atoms with Gasteiger partial charge in [0.1, 0.15) is 0 Å². The SMILES string of the molecule is Cc1cn(-c2ccc(Cl)c(C)c2)c(=NC(=O)N2CCCC2)s1. The van der Waals surface area contributed by atoms with Crippen molar-refractivity contribution in [2.45, 2.75) is 26.7 Å². The van der Waals surface area contributed by atoms with Gasteiger partial charge in [-0.3, -0.25) is 4.57 Å². The van der Waals surface area contributed by atoms with E-state index in [0.29, 0.717) is 4.80 Å². The number of nitrogens with zero attached hydrogens (tertiary/aromatic N) is 3. The lowest BCUT2D eigenvalue weighted by atomic mass is 10.2. The number of carbonyl (C=O) groups excluding carboxylic acids is 1. The molecule has 1 aromatic carbocycles. The second-order valence-electron chi connectivity index (χ2n) is 5.52. The van der Waals surface area contributed by atoms with Gasteiger partial charge in [-0.2, -0.15) is 4.99 Å². The van der Waals surface area contributed by atoms with Gasteiger partial charge in [0.2, 0.25) is 0 Å². The molecular weight excluding hydrogens is 318 g/mol. The summed E-state index contributed by atoms with van der Waals surface area (Å²) in [5.41, 5.74) is 1.98. The Balaban J connectivity index is 2.02. The van der Waals surface area contributed by atoms with Gasteiger partial charge >= 0.3 is 6.03 Å². The summed E-state index contributed by atoms with van der Waals surface area (Å²) >= 11 is 7.61. The molecule has 6 heteroatoms. The van der Waals surface area contributed by atoms with E-state index in [1.165, 1.54) is 11.3 Å². The van der Waals surface area contributed by atoms with Crippen LogP contribution in [0.4, 0.5) is 4.79 Å². The van der Waals surface area contributed by atoms with Gasteiger partial charge in [-0.15, -0.1) is 11.3 Å². The monoisotopic (exact) mass is 335 g/mol. The number of aryl methyl sites for hydroxylation is 2. The number of rotatable bonds is 1. The van der Waals surface area contributed by atoms with Gasteiger partial charge in [-0.05, 0) is 50.5 Å². The standard InChI is InChI=1S/C16H18ClN3OS/c1-11-9-13(5-6-14(11)17)20-10-12(2)22-16(20)18-15(21)19-7-3-4-8-19/h5-6,9-10H,3-4,7-8H2,1-2H3. The van der Waals surface area contributed by atoms with Gasteiger partial charge in [-0.25, -0.2) is 4.79 Å². The van der Waals surface area contributed by atoms with Crippen molar-refractivity contribution in [1.82, 2.24) is 9.47 Å². The Hall–Kier alpha value is -1.59. The molecule has 0 spiro atoms. The van der Waals surface area contributed by atoms with Crippen molar-refractivity contribution >= 4 is 29.0 Å². The molecule has 0 N–H and O–H groups in total. The van der Waals surface area contributed by atoms with E-state index in [2.05, 4.69) is 4.99 Å². The maximum absolute atomic E-state index is 12.3. The largest absolute Gasteiger partial charge is 0.346 e. The number of aromatic nitrogens is 1. The van der Waals surface area contributed by atoms with Crippen molar-refractivity contribution in [2.75, 3.05) is 13.1 Å². The Morgan fingerprint density at radius 2 is 2.00 bits per heavy atom. The number of carbonyl (C=O) groups is 1. The number of thiazole rings is 1. The second kappa shape index (κ2) is 6.26. The number of benzene rings is 1. The summed E-state index contributed by atoms with van der Waals surface area (Å²) in [6.07, 6.45) is 4.14. The molecule has 0 unspecified atom stereocenters. The molecule has 0 bridgehead atoms. The third kappa shape index (κ3) is 3.10. The first kappa shape index (κ1) is 15.3. The number of hydrogen-bond donors (Lipinski definition) is 0. The Morgan fingerprint density at radius 1 is 1.27 bits per heavy atom. The van der Waals surface area contributed by atoms with Crippen LogP contribution in [0.2, 0.25) is 5.02 Å². The molecule has 0 radical (unpaired) electrons. The molecular formula is C16H18ClN3OS. The molecule has 0 aliphatic carbocycles. The Kier molecular flexibility index (Phi) is 4.36. The molecule has 0 saturated carbocycles. The molecule has 1 aliphatic rings. The highest BCUT2D eigenvalue weighted by Crippen LogP contribution is 2.19. The van der Waals surface area contributed by atoms with E-state index in [-0.39, 0.29) is 6.03 Å². The summed E-state index contributed by atoms with van der Waals surface area (Å²) in [6.45, 7) is 5.61. The maximum atomic E-state index is 12.3. The summed E-state index contributed by atoms with van der Waals surface area (Å²) in [4.78, 5) is 20.2. The predicted molar refractivity (Wildman–Crippen MR) is 89.9 cm³/mol. The fraction of sp³-hybridized carbons (Fsp3) is 0.375. The first-order valence-corrected chi connectivity index (χ1v) is 8.53. The summed E-state index contributed by atoms with van der Waals surface area (Å²) in [7, 11) is 0.